The molecule has 0 aliphatic heterocycles. The summed E-state index contributed by atoms with van der Waals surface area (Å²) in [5.74, 6) is 0.903. The first-order chi connectivity index (χ1) is 13.4. The van der Waals surface area contributed by atoms with Crippen LogP contribution in [0.1, 0.15) is 31.7 Å². The van der Waals surface area contributed by atoms with Gasteiger partial charge in [-0.15, -0.1) is 0 Å². The second-order valence-electron chi connectivity index (χ2n) is 7.07. The average molecular weight is 385 g/mol. The SMILES string of the molecule is CC[C@@H](C)c1ccc(NC(=O)C[NH+](C)CC(=O)Nc2cccc(OC)c2)cc1. The molecule has 2 aromatic carbocycles. The van der Waals surface area contributed by atoms with Crippen molar-refractivity contribution in [2.45, 2.75) is 26.2 Å². The fraction of sp³-hybridized carbons (Fsp3) is 0.364. The normalized spacial score (nSPS) is 12.7. The Morgan fingerprint density at radius 1 is 1.00 bits per heavy atom. The fourth-order valence-corrected chi connectivity index (χ4v) is 2.85. The first kappa shape index (κ1) is 21.4. The lowest BCUT2D eigenvalue weighted by atomic mass is 9.99. The molecule has 0 aliphatic carbocycles. The Balaban J connectivity index is 1.80. The van der Waals surface area contributed by atoms with E-state index in [0.717, 1.165) is 17.0 Å². The molecule has 150 valence electrons. The van der Waals surface area contributed by atoms with Crippen molar-refractivity contribution >= 4 is 23.2 Å². The molecule has 3 N–H and O–H groups in total. The van der Waals surface area contributed by atoms with Gasteiger partial charge in [-0.1, -0.05) is 32.0 Å². The van der Waals surface area contributed by atoms with Crippen LogP contribution in [0.2, 0.25) is 0 Å². The highest BCUT2D eigenvalue weighted by Crippen LogP contribution is 2.20. The van der Waals surface area contributed by atoms with E-state index in [4.69, 9.17) is 4.74 Å². The van der Waals surface area contributed by atoms with Gasteiger partial charge in [0.1, 0.15) is 5.75 Å². The van der Waals surface area contributed by atoms with E-state index >= 15 is 0 Å². The summed E-state index contributed by atoms with van der Waals surface area (Å²) in [6.07, 6.45) is 1.08. The minimum Gasteiger partial charge on any atom is -0.497 e. The number of quaternary nitrogens is 1. The van der Waals surface area contributed by atoms with E-state index in [1.807, 2.05) is 43.4 Å². The van der Waals surface area contributed by atoms with Crippen molar-refractivity contribution in [3.05, 3.63) is 54.1 Å². The maximum atomic E-state index is 12.2. The van der Waals surface area contributed by atoms with Crippen LogP contribution in [0.25, 0.3) is 0 Å². The van der Waals surface area contributed by atoms with Gasteiger partial charge in [0, 0.05) is 17.4 Å². The van der Waals surface area contributed by atoms with E-state index in [1.54, 1.807) is 19.2 Å². The van der Waals surface area contributed by atoms with Crippen LogP contribution in [0.3, 0.4) is 0 Å². The summed E-state index contributed by atoms with van der Waals surface area (Å²) in [7, 11) is 3.40. The van der Waals surface area contributed by atoms with Crippen molar-refractivity contribution in [2.75, 3.05) is 37.9 Å². The predicted molar refractivity (Wildman–Crippen MR) is 112 cm³/mol. The van der Waals surface area contributed by atoms with E-state index in [2.05, 4.69) is 24.5 Å². The van der Waals surface area contributed by atoms with Crippen molar-refractivity contribution in [2.24, 2.45) is 0 Å². The van der Waals surface area contributed by atoms with Gasteiger partial charge in [0.15, 0.2) is 13.1 Å². The number of anilines is 2. The van der Waals surface area contributed by atoms with Gasteiger partial charge in [0.25, 0.3) is 11.8 Å². The number of hydrogen-bond donors (Lipinski definition) is 3. The maximum absolute atomic E-state index is 12.2. The highest BCUT2D eigenvalue weighted by molar-refractivity contribution is 5.93. The molecule has 0 aliphatic rings. The number of likely N-dealkylation sites (N-methyl/N-ethyl adjacent to an activating group) is 1. The van der Waals surface area contributed by atoms with E-state index in [0.29, 0.717) is 17.4 Å². The third-order valence-corrected chi connectivity index (χ3v) is 4.65. The van der Waals surface area contributed by atoms with E-state index in [-0.39, 0.29) is 24.9 Å². The lowest BCUT2D eigenvalue weighted by Crippen LogP contribution is -3.11. The van der Waals surface area contributed by atoms with E-state index < -0.39 is 0 Å². The molecular weight excluding hydrogens is 354 g/mol. The zero-order valence-electron chi connectivity index (χ0n) is 17.0. The Hall–Kier alpha value is -2.86. The first-order valence-electron chi connectivity index (χ1n) is 9.56. The van der Waals surface area contributed by atoms with Crippen LogP contribution in [-0.2, 0) is 9.59 Å². The van der Waals surface area contributed by atoms with Crippen molar-refractivity contribution in [3.8, 4) is 5.75 Å². The Kier molecular flexibility index (Phi) is 8.02. The number of methoxy groups -OCH3 is 1. The Morgan fingerprint density at radius 2 is 1.61 bits per heavy atom. The molecule has 2 atom stereocenters. The molecular formula is C22H30N3O3+. The predicted octanol–water partition coefficient (Wildman–Crippen LogP) is 2.30. The molecule has 28 heavy (non-hydrogen) atoms. The minimum atomic E-state index is -0.156. The number of carbonyl (C=O) groups is 2. The molecule has 0 heterocycles. The second kappa shape index (κ2) is 10.5. The highest BCUT2D eigenvalue weighted by Gasteiger charge is 2.15. The summed E-state index contributed by atoms with van der Waals surface area (Å²) in [5, 5.41) is 5.71. The summed E-state index contributed by atoms with van der Waals surface area (Å²) < 4.78 is 5.14. The molecule has 0 bridgehead atoms. The van der Waals surface area contributed by atoms with Gasteiger partial charge in [-0.2, -0.15) is 0 Å². The number of nitrogens with one attached hydrogen (secondary N) is 3. The summed E-state index contributed by atoms with van der Waals surface area (Å²) in [6, 6.07) is 15.1. The van der Waals surface area contributed by atoms with E-state index in [1.165, 1.54) is 5.56 Å². The van der Waals surface area contributed by atoms with Crippen LogP contribution in [0.15, 0.2) is 48.5 Å². The van der Waals surface area contributed by atoms with Crippen LogP contribution in [0.5, 0.6) is 5.75 Å². The largest absolute Gasteiger partial charge is 0.497 e. The smallest absolute Gasteiger partial charge is 0.279 e. The van der Waals surface area contributed by atoms with Crippen molar-refractivity contribution in [3.63, 3.8) is 0 Å². The number of amides is 2. The molecule has 0 spiro atoms. The second-order valence-corrected chi connectivity index (χ2v) is 7.07. The zero-order chi connectivity index (χ0) is 20.5. The monoisotopic (exact) mass is 384 g/mol. The summed E-state index contributed by atoms with van der Waals surface area (Å²) in [6.45, 7) is 4.74. The third-order valence-electron chi connectivity index (χ3n) is 4.65. The van der Waals surface area contributed by atoms with Crippen LogP contribution >= 0.6 is 0 Å². The molecule has 2 amide bonds. The van der Waals surface area contributed by atoms with Gasteiger partial charge in [0.05, 0.1) is 14.2 Å². The van der Waals surface area contributed by atoms with Gasteiger partial charge in [-0.05, 0) is 42.2 Å². The first-order valence-corrected chi connectivity index (χ1v) is 9.56. The molecule has 2 aromatic rings. The number of benzene rings is 2. The summed E-state index contributed by atoms with van der Waals surface area (Å²) in [4.78, 5) is 25.2. The number of rotatable bonds is 9. The number of hydrogen-bond acceptors (Lipinski definition) is 3. The lowest BCUT2D eigenvalue weighted by Gasteiger charge is -2.14. The summed E-state index contributed by atoms with van der Waals surface area (Å²) >= 11 is 0. The number of ether oxygens (including phenoxy) is 1. The third kappa shape index (κ3) is 6.70. The van der Waals surface area contributed by atoms with Crippen LogP contribution in [0, 0.1) is 0 Å². The van der Waals surface area contributed by atoms with Crippen LogP contribution in [0.4, 0.5) is 11.4 Å². The molecule has 6 heteroatoms. The molecule has 0 saturated carbocycles. The molecule has 0 saturated heterocycles. The standard InChI is InChI=1S/C22H29N3O3/c1-5-16(2)17-9-11-18(12-10-17)23-21(26)14-25(3)15-22(27)24-19-7-6-8-20(13-19)28-4/h6-13,16H,5,14-15H2,1-4H3,(H,23,26)(H,24,27)/p+1/t16-/m1/s1. The zero-order valence-corrected chi connectivity index (χ0v) is 17.0. The van der Waals surface area contributed by atoms with Gasteiger partial charge in [0.2, 0.25) is 0 Å². The highest BCUT2D eigenvalue weighted by atomic mass is 16.5. The van der Waals surface area contributed by atoms with Crippen LogP contribution < -0.4 is 20.3 Å². The molecule has 1 unspecified atom stereocenters. The Bertz CT molecular complexity index is 790. The molecule has 0 radical (unpaired) electrons. The summed E-state index contributed by atoms with van der Waals surface area (Å²) in [5.41, 5.74) is 2.70. The van der Waals surface area contributed by atoms with Gasteiger partial charge in [-0.3, -0.25) is 9.59 Å². The topological polar surface area (TPSA) is 71.9 Å². The van der Waals surface area contributed by atoms with E-state index in [9.17, 15) is 9.59 Å². The molecule has 0 fully saturated rings. The molecule has 6 nitrogen and oxygen atoms in total. The van der Waals surface area contributed by atoms with Gasteiger partial charge in [-0.25, -0.2) is 0 Å². The molecule has 0 aromatic heterocycles. The lowest BCUT2D eigenvalue weighted by molar-refractivity contribution is -0.862. The quantitative estimate of drug-likeness (QED) is 0.621. The Labute approximate surface area is 166 Å². The average Bonchev–Trinajstić information content (AvgIpc) is 2.67. The Morgan fingerprint density at radius 3 is 2.18 bits per heavy atom. The van der Waals surface area contributed by atoms with Crippen molar-refractivity contribution in [1.82, 2.24) is 0 Å². The minimum absolute atomic E-state index is 0.122. The molecule has 2 rings (SSSR count). The van der Waals surface area contributed by atoms with Gasteiger partial charge >= 0.3 is 0 Å². The fourth-order valence-electron chi connectivity index (χ4n) is 2.85. The van der Waals surface area contributed by atoms with Crippen LogP contribution in [-0.4, -0.2) is 39.1 Å². The van der Waals surface area contributed by atoms with Gasteiger partial charge < -0.3 is 20.3 Å². The number of carbonyl (C=O) groups excluding carboxylic acids is 2. The maximum Gasteiger partial charge on any atom is 0.279 e. The van der Waals surface area contributed by atoms with Crippen molar-refractivity contribution < 1.29 is 19.2 Å². The van der Waals surface area contributed by atoms with Crippen molar-refractivity contribution in [1.29, 1.82) is 0 Å².